The van der Waals surface area contributed by atoms with E-state index in [1.54, 1.807) is 10.6 Å². The Labute approximate surface area is 98.0 Å². The molecule has 0 aliphatic heterocycles. The molecule has 0 saturated carbocycles. The van der Waals surface area contributed by atoms with Crippen molar-refractivity contribution in [3.63, 3.8) is 0 Å². The maximum Gasteiger partial charge on any atom is 0.419 e. The smallest absolute Gasteiger partial charge is 0.408 e. The van der Waals surface area contributed by atoms with Crippen LogP contribution in [0.3, 0.4) is 0 Å². The highest BCUT2D eigenvalue weighted by Crippen LogP contribution is 2.11. The predicted molar refractivity (Wildman–Crippen MR) is 63.8 cm³/mol. The molecule has 0 fully saturated rings. The van der Waals surface area contributed by atoms with Crippen LogP contribution in [0.2, 0.25) is 0 Å². The van der Waals surface area contributed by atoms with Crippen LogP contribution in [-0.2, 0) is 11.3 Å². The van der Waals surface area contributed by atoms with E-state index in [-0.39, 0.29) is 11.7 Å². The minimum atomic E-state index is -0.353. The summed E-state index contributed by atoms with van der Waals surface area (Å²) in [5, 5.41) is 2.69. The van der Waals surface area contributed by atoms with Gasteiger partial charge in [-0.3, -0.25) is 9.36 Å². The van der Waals surface area contributed by atoms with Gasteiger partial charge >= 0.3 is 5.76 Å². The highest BCUT2D eigenvalue weighted by atomic mass is 16.4. The third kappa shape index (κ3) is 2.55. The Morgan fingerprint density at radius 1 is 1.41 bits per heavy atom. The Kier molecular flexibility index (Phi) is 3.27. The molecule has 90 valence electrons. The van der Waals surface area contributed by atoms with Gasteiger partial charge in [-0.1, -0.05) is 12.1 Å². The third-order valence-corrected chi connectivity index (χ3v) is 2.51. The van der Waals surface area contributed by atoms with Gasteiger partial charge in [0.05, 0.1) is 5.52 Å². The number of nitrogens with one attached hydrogen (secondary N) is 1. The molecule has 1 amide bonds. The van der Waals surface area contributed by atoms with Crippen molar-refractivity contribution >= 4 is 17.0 Å². The summed E-state index contributed by atoms with van der Waals surface area (Å²) in [4.78, 5) is 22.3. The number of rotatable bonds is 4. The monoisotopic (exact) mass is 234 g/mol. The lowest BCUT2D eigenvalue weighted by molar-refractivity contribution is -0.118. The number of aryl methyl sites for hydroxylation is 1. The molecule has 5 nitrogen and oxygen atoms in total. The molecule has 0 aliphatic rings. The number of para-hydroxylation sites is 2. The van der Waals surface area contributed by atoms with Gasteiger partial charge in [-0.25, -0.2) is 4.79 Å². The molecule has 17 heavy (non-hydrogen) atoms. The summed E-state index contributed by atoms with van der Waals surface area (Å²) in [5.41, 5.74) is 1.39. The molecule has 0 saturated heterocycles. The second-order valence-corrected chi connectivity index (χ2v) is 3.82. The Morgan fingerprint density at radius 3 is 2.94 bits per heavy atom. The minimum Gasteiger partial charge on any atom is -0.408 e. The number of hydrogen-bond donors (Lipinski definition) is 1. The minimum absolute atomic E-state index is 0.0607. The van der Waals surface area contributed by atoms with Crippen LogP contribution in [0, 0.1) is 0 Å². The number of hydrogen-bond acceptors (Lipinski definition) is 3. The van der Waals surface area contributed by atoms with Crippen molar-refractivity contribution in [3.05, 3.63) is 34.8 Å². The molecule has 5 heteroatoms. The van der Waals surface area contributed by atoms with Crippen molar-refractivity contribution in [2.75, 3.05) is 6.54 Å². The zero-order chi connectivity index (χ0) is 12.3. The van der Waals surface area contributed by atoms with Gasteiger partial charge in [0.1, 0.15) is 0 Å². The first kappa shape index (κ1) is 11.4. The van der Waals surface area contributed by atoms with Crippen molar-refractivity contribution in [2.45, 2.75) is 19.9 Å². The Morgan fingerprint density at radius 2 is 2.18 bits per heavy atom. The number of fused-ring (bicyclic) bond motifs is 1. The van der Waals surface area contributed by atoms with E-state index in [0.717, 1.165) is 5.52 Å². The summed E-state index contributed by atoms with van der Waals surface area (Å²) < 4.78 is 6.68. The number of carbonyl (C=O) groups is 1. The average molecular weight is 234 g/mol. The fourth-order valence-corrected chi connectivity index (χ4v) is 1.73. The molecule has 0 spiro atoms. The van der Waals surface area contributed by atoms with Gasteiger partial charge in [-0.2, -0.15) is 0 Å². The highest BCUT2D eigenvalue weighted by Gasteiger charge is 2.07. The van der Waals surface area contributed by atoms with Gasteiger partial charge in [0, 0.05) is 20.0 Å². The Balaban J connectivity index is 2.10. The zero-order valence-electron chi connectivity index (χ0n) is 9.60. The lowest BCUT2D eigenvalue weighted by Crippen LogP contribution is -2.23. The average Bonchev–Trinajstić information content (AvgIpc) is 2.60. The normalized spacial score (nSPS) is 10.6. The van der Waals surface area contributed by atoms with E-state index in [1.807, 2.05) is 18.2 Å². The van der Waals surface area contributed by atoms with Crippen LogP contribution in [0.4, 0.5) is 0 Å². The molecular weight excluding hydrogens is 220 g/mol. The van der Waals surface area contributed by atoms with Gasteiger partial charge in [-0.05, 0) is 18.6 Å². The summed E-state index contributed by atoms with van der Waals surface area (Å²) in [6.07, 6.45) is 0.697. The number of oxazole rings is 1. The third-order valence-electron chi connectivity index (χ3n) is 2.51. The van der Waals surface area contributed by atoms with Crippen LogP contribution >= 0.6 is 0 Å². The Bertz CT molecular complexity index is 583. The number of amides is 1. The first-order valence-electron chi connectivity index (χ1n) is 5.51. The van der Waals surface area contributed by atoms with Crippen molar-refractivity contribution in [1.82, 2.24) is 9.88 Å². The van der Waals surface area contributed by atoms with Gasteiger partial charge in [0.2, 0.25) is 5.91 Å². The maximum atomic E-state index is 11.6. The quantitative estimate of drug-likeness (QED) is 0.806. The van der Waals surface area contributed by atoms with Crippen molar-refractivity contribution in [3.8, 4) is 0 Å². The van der Waals surface area contributed by atoms with E-state index in [4.69, 9.17) is 4.42 Å². The van der Waals surface area contributed by atoms with E-state index in [1.165, 1.54) is 6.92 Å². The fourth-order valence-electron chi connectivity index (χ4n) is 1.73. The zero-order valence-corrected chi connectivity index (χ0v) is 9.60. The molecule has 1 aromatic heterocycles. The molecular formula is C12H14N2O3. The van der Waals surface area contributed by atoms with E-state index in [0.29, 0.717) is 25.1 Å². The fraction of sp³-hybridized carbons (Fsp3) is 0.333. The molecule has 2 aromatic rings. The number of carbonyl (C=O) groups excluding carboxylic acids is 1. The molecule has 0 radical (unpaired) electrons. The number of benzene rings is 1. The van der Waals surface area contributed by atoms with Crippen molar-refractivity contribution in [2.24, 2.45) is 0 Å². The lowest BCUT2D eigenvalue weighted by atomic mass is 10.3. The maximum absolute atomic E-state index is 11.6. The van der Waals surface area contributed by atoms with Gasteiger partial charge in [0.25, 0.3) is 0 Å². The van der Waals surface area contributed by atoms with Crippen LogP contribution in [-0.4, -0.2) is 17.0 Å². The summed E-state index contributed by atoms with van der Waals surface area (Å²) in [6, 6.07) is 7.30. The molecule has 0 aliphatic carbocycles. The molecule has 1 aromatic carbocycles. The van der Waals surface area contributed by atoms with Gasteiger partial charge in [-0.15, -0.1) is 0 Å². The number of aromatic nitrogens is 1. The molecule has 1 N–H and O–H groups in total. The first-order valence-corrected chi connectivity index (χ1v) is 5.51. The topological polar surface area (TPSA) is 64.2 Å². The SMILES string of the molecule is CC(=O)NCCCn1c(=O)oc2ccccc21. The standard InChI is InChI=1S/C12H14N2O3/c1-9(15)13-7-4-8-14-10-5-2-3-6-11(10)17-12(14)16/h2-3,5-6H,4,7-8H2,1H3,(H,13,15). The summed E-state index contributed by atoms with van der Waals surface area (Å²) in [7, 11) is 0. The van der Waals surface area contributed by atoms with E-state index < -0.39 is 0 Å². The van der Waals surface area contributed by atoms with Crippen molar-refractivity contribution in [1.29, 1.82) is 0 Å². The van der Waals surface area contributed by atoms with Crippen LogP contribution < -0.4 is 11.1 Å². The Hall–Kier alpha value is -2.04. The summed E-state index contributed by atoms with van der Waals surface area (Å²) in [6.45, 7) is 2.57. The molecule has 0 unspecified atom stereocenters. The predicted octanol–water partition coefficient (Wildman–Crippen LogP) is 1.12. The molecule has 1 heterocycles. The highest BCUT2D eigenvalue weighted by molar-refractivity contribution is 5.73. The first-order chi connectivity index (χ1) is 8.18. The second-order valence-electron chi connectivity index (χ2n) is 3.82. The largest absolute Gasteiger partial charge is 0.419 e. The van der Waals surface area contributed by atoms with Crippen molar-refractivity contribution < 1.29 is 9.21 Å². The molecule has 0 atom stereocenters. The van der Waals surface area contributed by atoms with Crippen LogP contribution in [0.5, 0.6) is 0 Å². The van der Waals surface area contributed by atoms with Crippen LogP contribution in [0.15, 0.2) is 33.5 Å². The van der Waals surface area contributed by atoms with E-state index in [2.05, 4.69) is 5.32 Å². The van der Waals surface area contributed by atoms with Crippen LogP contribution in [0.25, 0.3) is 11.1 Å². The van der Waals surface area contributed by atoms with Gasteiger partial charge < -0.3 is 9.73 Å². The van der Waals surface area contributed by atoms with E-state index in [9.17, 15) is 9.59 Å². The van der Waals surface area contributed by atoms with Crippen LogP contribution in [0.1, 0.15) is 13.3 Å². The van der Waals surface area contributed by atoms with Gasteiger partial charge in [0.15, 0.2) is 5.58 Å². The molecule has 0 bridgehead atoms. The number of nitrogens with zero attached hydrogens (tertiary/aromatic N) is 1. The second kappa shape index (κ2) is 4.86. The lowest BCUT2D eigenvalue weighted by Gasteiger charge is -2.02. The summed E-state index contributed by atoms with van der Waals surface area (Å²) >= 11 is 0. The summed E-state index contributed by atoms with van der Waals surface area (Å²) in [5.74, 6) is -0.413. The van der Waals surface area contributed by atoms with E-state index >= 15 is 0 Å². The molecule has 2 rings (SSSR count).